The molecule has 0 atom stereocenters. The van der Waals surface area contributed by atoms with E-state index in [2.05, 4.69) is 15.4 Å². The Morgan fingerprint density at radius 1 is 1.42 bits per heavy atom. The minimum Gasteiger partial charge on any atom is -0.461 e. The van der Waals surface area contributed by atoms with E-state index in [0.29, 0.717) is 18.8 Å². The van der Waals surface area contributed by atoms with Gasteiger partial charge in [0, 0.05) is 18.3 Å². The molecule has 0 aliphatic rings. The van der Waals surface area contributed by atoms with Crippen LogP contribution in [-0.4, -0.2) is 37.4 Å². The molecule has 2 aromatic heterocycles. The van der Waals surface area contributed by atoms with Crippen LogP contribution in [-0.2, 0) is 17.8 Å². The highest BCUT2D eigenvalue weighted by atomic mass is 16.5. The zero-order chi connectivity index (χ0) is 13.8. The van der Waals surface area contributed by atoms with E-state index in [9.17, 15) is 4.79 Å². The summed E-state index contributed by atoms with van der Waals surface area (Å²) in [7, 11) is 0. The van der Waals surface area contributed by atoms with Crippen LogP contribution in [0.15, 0.2) is 12.4 Å². The number of hydrogen-bond donors (Lipinski definition) is 0. The first kappa shape index (κ1) is 13.3. The Kier molecular flexibility index (Phi) is 3.94. The van der Waals surface area contributed by atoms with Crippen LogP contribution in [0.2, 0.25) is 0 Å². The lowest BCUT2D eigenvalue weighted by Gasteiger charge is -2.01. The number of carbonyl (C=O) groups excluding carboxylic acids is 1. The van der Waals surface area contributed by atoms with Crippen molar-refractivity contribution in [2.45, 2.75) is 33.9 Å². The molecule has 2 heterocycles. The molecule has 102 valence electrons. The Bertz CT molecular complexity index is 572. The fourth-order valence-corrected chi connectivity index (χ4v) is 1.73. The highest BCUT2D eigenvalue weighted by Crippen LogP contribution is 2.08. The lowest BCUT2D eigenvalue weighted by atomic mass is 10.3. The van der Waals surface area contributed by atoms with Crippen molar-refractivity contribution in [2.24, 2.45) is 0 Å². The van der Waals surface area contributed by atoms with Gasteiger partial charge < -0.3 is 4.74 Å². The molecule has 0 amide bonds. The summed E-state index contributed by atoms with van der Waals surface area (Å²) in [5.41, 5.74) is 1.98. The monoisotopic (exact) mass is 263 g/mol. The second kappa shape index (κ2) is 5.64. The molecule has 0 unspecified atom stereocenters. The van der Waals surface area contributed by atoms with Crippen LogP contribution in [0.5, 0.6) is 0 Å². The number of hydrogen-bond acceptors (Lipinski definition) is 5. The highest BCUT2D eigenvalue weighted by Gasteiger charge is 2.17. The van der Waals surface area contributed by atoms with Gasteiger partial charge in [0.1, 0.15) is 0 Å². The normalized spacial score (nSPS) is 10.7. The zero-order valence-corrected chi connectivity index (χ0v) is 11.3. The summed E-state index contributed by atoms with van der Waals surface area (Å²) >= 11 is 0. The molecule has 2 rings (SSSR count). The summed E-state index contributed by atoms with van der Waals surface area (Å²) in [6, 6.07) is 0. The van der Waals surface area contributed by atoms with Gasteiger partial charge in [-0.2, -0.15) is 5.10 Å². The smallest absolute Gasteiger partial charge is 0.360 e. The highest BCUT2D eigenvalue weighted by molar-refractivity contribution is 5.88. The number of aromatic nitrogens is 5. The first-order valence-electron chi connectivity index (χ1n) is 6.24. The van der Waals surface area contributed by atoms with Crippen LogP contribution >= 0.6 is 0 Å². The fourth-order valence-electron chi connectivity index (χ4n) is 1.73. The van der Waals surface area contributed by atoms with E-state index in [4.69, 9.17) is 4.74 Å². The van der Waals surface area contributed by atoms with Gasteiger partial charge in [0.25, 0.3) is 0 Å². The van der Waals surface area contributed by atoms with Crippen LogP contribution in [0.4, 0.5) is 0 Å². The Morgan fingerprint density at radius 2 is 2.21 bits per heavy atom. The first-order valence-corrected chi connectivity index (χ1v) is 6.24. The third-order valence-corrected chi connectivity index (χ3v) is 2.79. The van der Waals surface area contributed by atoms with Crippen molar-refractivity contribution in [3.8, 4) is 0 Å². The first-order chi connectivity index (χ1) is 9.15. The second-order valence-electron chi connectivity index (χ2n) is 4.11. The van der Waals surface area contributed by atoms with Crippen LogP contribution in [0.1, 0.15) is 35.6 Å². The number of nitrogens with zero attached hydrogens (tertiary/aromatic N) is 5. The summed E-state index contributed by atoms with van der Waals surface area (Å²) in [6.07, 6.45) is 3.74. The maximum Gasteiger partial charge on any atom is 0.360 e. The Morgan fingerprint density at radius 3 is 2.84 bits per heavy atom. The number of ether oxygens (including phenoxy) is 1. The van der Waals surface area contributed by atoms with Crippen LogP contribution in [0.25, 0.3) is 0 Å². The molecular formula is C12H17N5O2. The summed E-state index contributed by atoms with van der Waals surface area (Å²) in [5.74, 6) is -0.435. The molecule has 0 bridgehead atoms. The van der Waals surface area contributed by atoms with Gasteiger partial charge in [-0.1, -0.05) is 5.21 Å². The van der Waals surface area contributed by atoms with Crippen LogP contribution in [0.3, 0.4) is 0 Å². The molecule has 2 aromatic rings. The van der Waals surface area contributed by atoms with E-state index >= 15 is 0 Å². The van der Waals surface area contributed by atoms with Crippen molar-refractivity contribution in [3.63, 3.8) is 0 Å². The minimum absolute atomic E-state index is 0.268. The van der Waals surface area contributed by atoms with Crippen molar-refractivity contribution < 1.29 is 9.53 Å². The quantitative estimate of drug-likeness (QED) is 0.753. The van der Waals surface area contributed by atoms with Gasteiger partial charge in [-0.05, 0) is 20.8 Å². The molecule has 0 aliphatic carbocycles. The SMILES string of the molecule is CCOC(=O)c1nnn(Cc2cnn(CC)c2)c1C. The predicted molar refractivity (Wildman–Crippen MR) is 67.7 cm³/mol. The van der Waals surface area contributed by atoms with Gasteiger partial charge in [0.2, 0.25) is 0 Å². The summed E-state index contributed by atoms with van der Waals surface area (Å²) in [4.78, 5) is 11.6. The van der Waals surface area contributed by atoms with E-state index in [1.807, 2.05) is 17.8 Å². The number of esters is 1. The van der Waals surface area contributed by atoms with Gasteiger partial charge in [-0.25, -0.2) is 9.48 Å². The lowest BCUT2D eigenvalue weighted by molar-refractivity contribution is 0.0518. The van der Waals surface area contributed by atoms with E-state index in [-0.39, 0.29) is 5.69 Å². The molecule has 0 N–H and O–H groups in total. The number of rotatable bonds is 5. The molecule has 0 radical (unpaired) electrons. The van der Waals surface area contributed by atoms with E-state index in [1.54, 1.807) is 24.7 Å². The van der Waals surface area contributed by atoms with Crippen molar-refractivity contribution in [3.05, 3.63) is 29.3 Å². The molecule has 7 nitrogen and oxygen atoms in total. The zero-order valence-electron chi connectivity index (χ0n) is 11.3. The van der Waals surface area contributed by atoms with Crippen molar-refractivity contribution in [2.75, 3.05) is 6.61 Å². The Balaban J connectivity index is 2.15. The molecular weight excluding hydrogens is 246 g/mol. The molecule has 7 heteroatoms. The van der Waals surface area contributed by atoms with Gasteiger partial charge in [0.15, 0.2) is 5.69 Å². The lowest BCUT2D eigenvalue weighted by Crippen LogP contribution is -2.08. The molecule has 0 saturated carbocycles. The predicted octanol–water partition coefficient (Wildman–Crippen LogP) is 1.03. The number of aryl methyl sites for hydroxylation is 1. The Hall–Kier alpha value is -2.18. The molecule has 0 saturated heterocycles. The van der Waals surface area contributed by atoms with E-state index in [1.165, 1.54) is 0 Å². The summed E-state index contributed by atoms with van der Waals surface area (Å²) in [6.45, 7) is 7.28. The van der Waals surface area contributed by atoms with E-state index in [0.717, 1.165) is 12.1 Å². The third kappa shape index (κ3) is 2.81. The average molecular weight is 263 g/mol. The van der Waals surface area contributed by atoms with Gasteiger partial charge in [-0.3, -0.25) is 4.68 Å². The summed E-state index contributed by atoms with van der Waals surface area (Å²) < 4.78 is 8.43. The molecule has 0 aliphatic heterocycles. The number of carbonyl (C=O) groups is 1. The van der Waals surface area contributed by atoms with Crippen molar-refractivity contribution in [1.82, 2.24) is 24.8 Å². The van der Waals surface area contributed by atoms with Crippen LogP contribution < -0.4 is 0 Å². The third-order valence-electron chi connectivity index (χ3n) is 2.79. The topological polar surface area (TPSA) is 74.8 Å². The fraction of sp³-hybridized carbons (Fsp3) is 0.500. The van der Waals surface area contributed by atoms with Gasteiger partial charge in [-0.15, -0.1) is 5.10 Å². The summed E-state index contributed by atoms with van der Waals surface area (Å²) in [5, 5.41) is 12.0. The van der Waals surface area contributed by atoms with Crippen LogP contribution in [0, 0.1) is 6.92 Å². The second-order valence-corrected chi connectivity index (χ2v) is 4.11. The largest absolute Gasteiger partial charge is 0.461 e. The maximum atomic E-state index is 11.6. The minimum atomic E-state index is -0.435. The molecule has 0 aromatic carbocycles. The average Bonchev–Trinajstić information content (AvgIpc) is 2.98. The van der Waals surface area contributed by atoms with E-state index < -0.39 is 5.97 Å². The molecule has 19 heavy (non-hydrogen) atoms. The van der Waals surface area contributed by atoms with Gasteiger partial charge >= 0.3 is 5.97 Å². The Labute approximate surface area is 111 Å². The standard InChI is InChI=1S/C12H17N5O2/c1-4-16-7-10(6-13-16)8-17-9(3)11(14-15-17)12(18)19-5-2/h6-7H,4-5,8H2,1-3H3. The molecule has 0 fully saturated rings. The molecule has 0 spiro atoms. The van der Waals surface area contributed by atoms with Gasteiger partial charge in [0.05, 0.1) is 25.0 Å². The van der Waals surface area contributed by atoms with Crippen molar-refractivity contribution >= 4 is 5.97 Å². The van der Waals surface area contributed by atoms with Crippen molar-refractivity contribution in [1.29, 1.82) is 0 Å². The maximum absolute atomic E-state index is 11.6.